The molecule has 0 unspecified atom stereocenters. The molecule has 0 aliphatic carbocycles. The van der Waals surface area contributed by atoms with Crippen LogP contribution >= 0.6 is 15.9 Å². The Morgan fingerprint density at radius 3 is 2.29 bits per heavy atom. The van der Waals surface area contributed by atoms with Crippen molar-refractivity contribution in [3.8, 4) is 0 Å². The molecule has 0 fully saturated rings. The van der Waals surface area contributed by atoms with Gasteiger partial charge in [0.05, 0.1) is 0 Å². The molecule has 1 rings (SSSR count). The molecule has 1 heterocycles. The van der Waals surface area contributed by atoms with E-state index < -0.39 is 0 Å². The number of nitrogens with zero attached hydrogens (tertiary/aromatic N) is 2. The van der Waals surface area contributed by atoms with Crippen LogP contribution in [0.5, 0.6) is 0 Å². The Kier molecular flexibility index (Phi) is 6.94. The van der Waals surface area contributed by atoms with Crippen LogP contribution in [0.2, 0.25) is 0 Å². The van der Waals surface area contributed by atoms with Gasteiger partial charge in [0.1, 0.15) is 5.69 Å². The van der Waals surface area contributed by atoms with Crippen LogP contribution in [0, 0.1) is 0 Å². The monoisotopic (exact) mass is 357 g/mol. The van der Waals surface area contributed by atoms with E-state index in [4.69, 9.17) is 0 Å². The fourth-order valence-electron chi connectivity index (χ4n) is 2.56. The van der Waals surface area contributed by atoms with Crippen molar-refractivity contribution < 1.29 is 4.79 Å². The fourth-order valence-corrected chi connectivity index (χ4v) is 2.99. The molecule has 0 bridgehead atoms. The molecule has 21 heavy (non-hydrogen) atoms. The van der Waals surface area contributed by atoms with E-state index in [1.54, 1.807) is 0 Å². The second kappa shape index (κ2) is 7.99. The van der Waals surface area contributed by atoms with Crippen molar-refractivity contribution in [2.75, 3.05) is 13.1 Å². The predicted octanol–water partition coefficient (Wildman–Crippen LogP) is 3.68. The van der Waals surface area contributed by atoms with Gasteiger partial charge in [-0.2, -0.15) is 0 Å². The minimum absolute atomic E-state index is 0.0122. The lowest BCUT2D eigenvalue weighted by Crippen LogP contribution is -2.42. The van der Waals surface area contributed by atoms with E-state index >= 15 is 0 Å². The van der Waals surface area contributed by atoms with Crippen LogP contribution in [0.15, 0.2) is 16.7 Å². The lowest BCUT2D eigenvalue weighted by molar-refractivity contribution is 0.0928. The van der Waals surface area contributed by atoms with Crippen molar-refractivity contribution >= 4 is 21.8 Å². The standard InChI is InChI=1S/C16H28BrN3O/c1-11(2)19(12(3)4)8-7-18-16(21)15-9-14(17)10-20(15)13(5)6/h9-13H,7-8H2,1-6H3,(H,18,21). The third-order valence-electron chi connectivity index (χ3n) is 3.59. The van der Waals surface area contributed by atoms with Gasteiger partial charge in [-0.15, -0.1) is 0 Å². The van der Waals surface area contributed by atoms with E-state index in [1.807, 2.05) is 16.8 Å². The van der Waals surface area contributed by atoms with Crippen LogP contribution in [-0.4, -0.2) is 40.5 Å². The average molecular weight is 358 g/mol. The summed E-state index contributed by atoms with van der Waals surface area (Å²) in [6.07, 6.45) is 1.95. The zero-order valence-electron chi connectivity index (χ0n) is 14.0. The third-order valence-corrected chi connectivity index (χ3v) is 4.02. The predicted molar refractivity (Wildman–Crippen MR) is 91.8 cm³/mol. The lowest BCUT2D eigenvalue weighted by Gasteiger charge is -2.30. The summed E-state index contributed by atoms with van der Waals surface area (Å²) in [6, 6.07) is 3.10. The summed E-state index contributed by atoms with van der Waals surface area (Å²) in [5.74, 6) is -0.0122. The van der Waals surface area contributed by atoms with Crippen LogP contribution in [0.1, 0.15) is 58.1 Å². The van der Waals surface area contributed by atoms with Gasteiger partial charge in [-0.1, -0.05) is 0 Å². The van der Waals surface area contributed by atoms with Gasteiger partial charge in [-0.25, -0.2) is 0 Å². The van der Waals surface area contributed by atoms with Crippen LogP contribution < -0.4 is 5.32 Å². The SMILES string of the molecule is CC(C)N(CCNC(=O)c1cc(Br)cn1C(C)C)C(C)C. The maximum atomic E-state index is 12.3. The van der Waals surface area contributed by atoms with Gasteiger partial charge >= 0.3 is 0 Å². The van der Waals surface area contributed by atoms with Crippen LogP contribution in [-0.2, 0) is 0 Å². The Morgan fingerprint density at radius 1 is 1.24 bits per heavy atom. The van der Waals surface area contributed by atoms with Crippen molar-refractivity contribution in [1.29, 1.82) is 0 Å². The molecule has 1 amide bonds. The Morgan fingerprint density at radius 2 is 1.81 bits per heavy atom. The largest absolute Gasteiger partial charge is 0.349 e. The van der Waals surface area contributed by atoms with E-state index in [2.05, 4.69) is 67.7 Å². The van der Waals surface area contributed by atoms with Crippen molar-refractivity contribution in [1.82, 2.24) is 14.8 Å². The second-order valence-corrected chi connectivity index (χ2v) is 7.14. The maximum Gasteiger partial charge on any atom is 0.268 e. The summed E-state index contributed by atoms with van der Waals surface area (Å²) in [4.78, 5) is 14.7. The van der Waals surface area contributed by atoms with Crippen LogP contribution in [0.4, 0.5) is 0 Å². The number of aromatic nitrogens is 1. The quantitative estimate of drug-likeness (QED) is 0.807. The van der Waals surface area contributed by atoms with E-state index in [0.29, 0.717) is 24.3 Å². The van der Waals surface area contributed by atoms with Crippen molar-refractivity contribution in [2.24, 2.45) is 0 Å². The molecule has 5 heteroatoms. The normalized spacial score (nSPS) is 12.0. The summed E-state index contributed by atoms with van der Waals surface area (Å²) >= 11 is 3.44. The van der Waals surface area contributed by atoms with E-state index in [-0.39, 0.29) is 11.9 Å². The molecule has 4 nitrogen and oxygen atoms in total. The number of carbonyl (C=O) groups excluding carboxylic acids is 1. The summed E-state index contributed by atoms with van der Waals surface area (Å²) in [5.41, 5.74) is 0.706. The first-order valence-electron chi connectivity index (χ1n) is 7.65. The van der Waals surface area contributed by atoms with Gasteiger partial charge < -0.3 is 9.88 Å². The molecule has 0 aromatic carbocycles. The summed E-state index contributed by atoms with van der Waals surface area (Å²) in [7, 11) is 0. The number of nitrogens with one attached hydrogen (secondary N) is 1. The fraction of sp³-hybridized carbons (Fsp3) is 0.688. The molecule has 1 N–H and O–H groups in total. The second-order valence-electron chi connectivity index (χ2n) is 6.23. The minimum Gasteiger partial charge on any atom is -0.349 e. The van der Waals surface area contributed by atoms with Gasteiger partial charge in [0.2, 0.25) is 0 Å². The Labute approximate surface area is 137 Å². The number of hydrogen-bond acceptors (Lipinski definition) is 2. The molecule has 0 saturated heterocycles. The molecule has 1 aromatic heterocycles. The first-order valence-corrected chi connectivity index (χ1v) is 8.44. The van der Waals surface area contributed by atoms with Crippen molar-refractivity contribution in [2.45, 2.75) is 59.7 Å². The van der Waals surface area contributed by atoms with Gasteiger partial charge in [0.15, 0.2) is 0 Å². The molecule has 0 aliphatic heterocycles. The number of halogens is 1. The van der Waals surface area contributed by atoms with Crippen molar-refractivity contribution in [3.05, 3.63) is 22.4 Å². The molecule has 0 atom stereocenters. The van der Waals surface area contributed by atoms with Gasteiger partial charge in [0.25, 0.3) is 5.91 Å². The molecular formula is C16H28BrN3O. The van der Waals surface area contributed by atoms with Gasteiger partial charge in [-0.3, -0.25) is 9.69 Å². The number of hydrogen-bond donors (Lipinski definition) is 1. The number of carbonyl (C=O) groups is 1. The first-order chi connectivity index (χ1) is 9.73. The molecule has 0 spiro atoms. The zero-order valence-corrected chi connectivity index (χ0v) is 15.6. The van der Waals surface area contributed by atoms with Crippen molar-refractivity contribution in [3.63, 3.8) is 0 Å². The number of amides is 1. The summed E-state index contributed by atoms with van der Waals surface area (Å²) in [5, 5.41) is 3.03. The molecule has 0 aliphatic rings. The van der Waals surface area contributed by atoms with Gasteiger partial charge in [-0.05, 0) is 63.5 Å². The Balaban J connectivity index is 2.62. The third kappa shape index (κ3) is 5.15. The van der Waals surface area contributed by atoms with Gasteiger partial charge in [0, 0.05) is 41.9 Å². The molecule has 1 aromatic rings. The Bertz CT molecular complexity index is 458. The molecular weight excluding hydrogens is 330 g/mol. The molecule has 0 saturated carbocycles. The van der Waals surface area contributed by atoms with E-state index in [1.165, 1.54) is 0 Å². The highest BCUT2D eigenvalue weighted by Gasteiger charge is 2.16. The van der Waals surface area contributed by atoms with E-state index in [9.17, 15) is 4.79 Å². The molecule has 0 radical (unpaired) electrons. The topological polar surface area (TPSA) is 37.3 Å². The van der Waals surface area contributed by atoms with Crippen LogP contribution in [0.3, 0.4) is 0 Å². The smallest absolute Gasteiger partial charge is 0.268 e. The summed E-state index contributed by atoms with van der Waals surface area (Å²) in [6.45, 7) is 14.4. The van der Waals surface area contributed by atoms with E-state index in [0.717, 1.165) is 11.0 Å². The lowest BCUT2D eigenvalue weighted by atomic mass is 10.2. The average Bonchev–Trinajstić information content (AvgIpc) is 2.75. The molecule has 120 valence electrons. The summed E-state index contributed by atoms with van der Waals surface area (Å²) < 4.78 is 2.93. The minimum atomic E-state index is -0.0122. The highest BCUT2D eigenvalue weighted by atomic mass is 79.9. The highest BCUT2D eigenvalue weighted by molar-refractivity contribution is 9.10. The highest BCUT2D eigenvalue weighted by Crippen LogP contribution is 2.19. The Hall–Kier alpha value is -0.810. The van der Waals surface area contributed by atoms with Crippen LogP contribution in [0.25, 0.3) is 0 Å². The first kappa shape index (κ1) is 18.2. The zero-order chi connectivity index (χ0) is 16.2. The number of rotatable bonds is 7. The maximum absolute atomic E-state index is 12.3.